The molecule has 1 aliphatic rings. The molecule has 3 heteroatoms. The molecule has 1 fully saturated rings. The number of quaternary nitrogens is 2. The van der Waals surface area contributed by atoms with Crippen LogP contribution in [0.15, 0.2) is 29.2 Å². The molecule has 2 rings (SSSR count). The Kier molecular flexibility index (Phi) is 5.74. The molecule has 2 N–H and O–H groups in total. The first-order valence-electron chi connectivity index (χ1n) is 7.54. The third-order valence-electron chi connectivity index (χ3n) is 4.52. The third kappa shape index (κ3) is 4.23. The van der Waals surface area contributed by atoms with Gasteiger partial charge in [0.2, 0.25) is 0 Å². The van der Waals surface area contributed by atoms with E-state index in [1.807, 2.05) is 16.7 Å². The van der Waals surface area contributed by atoms with Crippen LogP contribution < -0.4 is 9.80 Å². The van der Waals surface area contributed by atoms with Gasteiger partial charge in [-0.15, -0.1) is 11.8 Å². The first-order valence-corrected chi connectivity index (χ1v) is 8.76. The minimum absolute atomic E-state index is 0.836. The summed E-state index contributed by atoms with van der Waals surface area (Å²) >= 11 is 1.82. The quantitative estimate of drug-likeness (QED) is 0.746. The van der Waals surface area contributed by atoms with Crippen LogP contribution in [0.2, 0.25) is 0 Å². The largest absolute Gasteiger partial charge is 0.323 e. The summed E-state index contributed by atoms with van der Waals surface area (Å²) in [5.41, 5.74) is 1.49. The zero-order valence-electron chi connectivity index (χ0n) is 12.5. The fraction of sp³-hybridized carbons (Fsp3) is 0.625. The Morgan fingerprint density at radius 3 is 2.26 bits per heavy atom. The second-order valence-corrected chi connectivity index (χ2v) is 6.62. The summed E-state index contributed by atoms with van der Waals surface area (Å²) in [6.45, 7) is 11.2. The second kappa shape index (κ2) is 7.32. The van der Waals surface area contributed by atoms with Crippen molar-refractivity contribution in [3.8, 4) is 0 Å². The molecule has 19 heavy (non-hydrogen) atoms. The van der Waals surface area contributed by atoms with Gasteiger partial charge in [0.1, 0.15) is 32.7 Å². The molecule has 0 unspecified atom stereocenters. The zero-order chi connectivity index (χ0) is 13.7. The summed E-state index contributed by atoms with van der Waals surface area (Å²) in [6, 6.07) is 9.93. The zero-order valence-corrected chi connectivity index (χ0v) is 13.4. The molecule has 0 radical (unpaired) electrons. The van der Waals surface area contributed by atoms with E-state index in [-0.39, 0.29) is 0 Å². The van der Waals surface area contributed by atoms with Crippen LogP contribution in [0, 0.1) is 0 Å². The van der Waals surface area contributed by atoms with Gasteiger partial charge in [-0.2, -0.15) is 0 Å². The topological polar surface area (TPSA) is 8.88 Å². The smallest absolute Gasteiger partial charge is 0.127 e. The molecular weight excluding hydrogens is 252 g/mol. The van der Waals surface area contributed by atoms with E-state index in [1.54, 1.807) is 4.90 Å². The number of piperazine rings is 1. The van der Waals surface area contributed by atoms with E-state index in [0.717, 1.165) is 6.04 Å². The van der Waals surface area contributed by atoms with Crippen LogP contribution in [0.4, 0.5) is 0 Å². The van der Waals surface area contributed by atoms with Crippen molar-refractivity contribution in [3.63, 3.8) is 0 Å². The Bertz CT molecular complexity index is 369. The minimum atomic E-state index is 0.836. The standard InChI is InChI=1S/C16H26N2S/c1-4-14(2)18-11-9-17(10-12-18)13-15-5-7-16(19-3)8-6-15/h5-8,14H,4,9-13H2,1-3H3/p+2/t14-/m1/s1. The number of rotatable bonds is 5. The van der Waals surface area contributed by atoms with Crippen LogP contribution in [0.25, 0.3) is 0 Å². The highest BCUT2D eigenvalue weighted by Crippen LogP contribution is 2.14. The molecule has 0 saturated carbocycles. The fourth-order valence-corrected chi connectivity index (χ4v) is 3.32. The Hall–Kier alpha value is -0.510. The molecule has 1 aromatic carbocycles. The number of hydrogen-bond donors (Lipinski definition) is 2. The molecule has 0 bridgehead atoms. The Balaban J connectivity index is 1.81. The second-order valence-electron chi connectivity index (χ2n) is 5.74. The van der Waals surface area contributed by atoms with E-state index in [1.165, 1.54) is 49.6 Å². The van der Waals surface area contributed by atoms with E-state index in [9.17, 15) is 0 Å². The van der Waals surface area contributed by atoms with E-state index >= 15 is 0 Å². The molecule has 0 aromatic heterocycles. The van der Waals surface area contributed by atoms with Crippen molar-refractivity contribution in [1.82, 2.24) is 0 Å². The molecule has 1 atom stereocenters. The summed E-state index contributed by atoms with van der Waals surface area (Å²) < 4.78 is 0. The van der Waals surface area contributed by atoms with Crippen LogP contribution in [0.1, 0.15) is 25.8 Å². The molecule has 1 aliphatic heterocycles. The van der Waals surface area contributed by atoms with Crippen molar-refractivity contribution in [1.29, 1.82) is 0 Å². The first-order chi connectivity index (χ1) is 9.22. The van der Waals surface area contributed by atoms with E-state index in [0.29, 0.717) is 0 Å². The lowest BCUT2D eigenvalue weighted by Gasteiger charge is -2.33. The normalized spacial score (nSPS) is 25.2. The Morgan fingerprint density at radius 1 is 1.11 bits per heavy atom. The van der Waals surface area contributed by atoms with E-state index < -0.39 is 0 Å². The lowest BCUT2D eigenvalue weighted by atomic mass is 10.1. The first kappa shape index (κ1) is 14.9. The summed E-state index contributed by atoms with van der Waals surface area (Å²) in [6.07, 6.45) is 3.44. The lowest BCUT2D eigenvalue weighted by molar-refractivity contribution is -1.03. The molecule has 1 aromatic rings. The van der Waals surface area contributed by atoms with Crippen molar-refractivity contribution < 1.29 is 9.80 Å². The maximum absolute atomic E-state index is 2.39. The van der Waals surface area contributed by atoms with Gasteiger partial charge in [-0.05, 0) is 31.7 Å². The number of nitrogens with one attached hydrogen (secondary N) is 2. The Labute approximate surface area is 122 Å². The maximum atomic E-state index is 2.39. The van der Waals surface area contributed by atoms with Gasteiger partial charge in [-0.1, -0.05) is 19.1 Å². The van der Waals surface area contributed by atoms with Crippen LogP contribution in [0.3, 0.4) is 0 Å². The van der Waals surface area contributed by atoms with Crippen molar-refractivity contribution in [2.24, 2.45) is 0 Å². The van der Waals surface area contributed by atoms with Gasteiger partial charge < -0.3 is 9.80 Å². The SMILES string of the molecule is CC[C@@H](C)[NH+]1CC[NH+](Cc2ccc(SC)cc2)CC1. The fourth-order valence-electron chi connectivity index (χ4n) is 2.91. The van der Waals surface area contributed by atoms with E-state index in [2.05, 4.69) is 44.4 Å². The van der Waals surface area contributed by atoms with Crippen LogP contribution in [-0.4, -0.2) is 38.5 Å². The molecule has 0 aliphatic carbocycles. The Morgan fingerprint density at radius 2 is 1.74 bits per heavy atom. The predicted molar refractivity (Wildman–Crippen MR) is 83.1 cm³/mol. The highest BCUT2D eigenvalue weighted by molar-refractivity contribution is 7.98. The number of benzene rings is 1. The van der Waals surface area contributed by atoms with Gasteiger partial charge in [-0.25, -0.2) is 0 Å². The lowest BCUT2D eigenvalue weighted by Crippen LogP contribution is -3.29. The van der Waals surface area contributed by atoms with Gasteiger partial charge in [0.15, 0.2) is 0 Å². The molecule has 1 heterocycles. The average Bonchev–Trinajstić information content (AvgIpc) is 2.48. The average molecular weight is 280 g/mol. The highest BCUT2D eigenvalue weighted by atomic mass is 32.2. The summed E-state index contributed by atoms with van der Waals surface area (Å²) in [4.78, 5) is 4.93. The monoisotopic (exact) mass is 280 g/mol. The molecular formula is C16H28N2S+2. The molecule has 0 amide bonds. The maximum Gasteiger partial charge on any atom is 0.127 e. The van der Waals surface area contributed by atoms with Gasteiger partial charge in [0.25, 0.3) is 0 Å². The summed E-state index contributed by atoms with van der Waals surface area (Å²) in [7, 11) is 0. The van der Waals surface area contributed by atoms with Gasteiger partial charge in [-0.3, -0.25) is 0 Å². The number of hydrogen-bond acceptors (Lipinski definition) is 1. The predicted octanol–water partition coefficient (Wildman–Crippen LogP) is 0.490. The molecule has 1 saturated heterocycles. The van der Waals surface area contributed by atoms with Gasteiger partial charge in [0, 0.05) is 10.5 Å². The number of thioether (sulfide) groups is 1. The third-order valence-corrected chi connectivity index (χ3v) is 5.27. The minimum Gasteiger partial charge on any atom is -0.323 e. The van der Waals surface area contributed by atoms with Crippen molar-refractivity contribution in [2.45, 2.75) is 37.8 Å². The van der Waals surface area contributed by atoms with Crippen LogP contribution in [-0.2, 0) is 6.54 Å². The molecule has 0 spiro atoms. The van der Waals surface area contributed by atoms with Crippen molar-refractivity contribution >= 4 is 11.8 Å². The van der Waals surface area contributed by atoms with Crippen molar-refractivity contribution in [2.75, 3.05) is 32.4 Å². The summed E-state index contributed by atoms with van der Waals surface area (Å²) in [5, 5.41) is 0. The van der Waals surface area contributed by atoms with E-state index in [4.69, 9.17) is 0 Å². The van der Waals surface area contributed by atoms with Gasteiger partial charge >= 0.3 is 0 Å². The summed E-state index contributed by atoms with van der Waals surface area (Å²) in [5.74, 6) is 0. The molecule has 106 valence electrons. The van der Waals surface area contributed by atoms with Crippen LogP contribution in [0.5, 0.6) is 0 Å². The van der Waals surface area contributed by atoms with Crippen molar-refractivity contribution in [3.05, 3.63) is 29.8 Å². The van der Waals surface area contributed by atoms with Gasteiger partial charge in [0.05, 0.1) is 6.04 Å². The molecule has 2 nitrogen and oxygen atoms in total. The van der Waals surface area contributed by atoms with Crippen LogP contribution >= 0.6 is 11.8 Å². The highest BCUT2D eigenvalue weighted by Gasteiger charge is 2.25.